The fourth-order valence-electron chi connectivity index (χ4n) is 2.58. The van der Waals surface area contributed by atoms with Crippen LogP contribution in [-0.2, 0) is 0 Å². The van der Waals surface area contributed by atoms with Crippen LogP contribution in [0.2, 0.25) is 5.02 Å². The highest BCUT2D eigenvalue weighted by Gasteiger charge is 2.16. The molecule has 0 bridgehead atoms. The van der Waals surface area contributed by atoms with Crippen molar-refractivity contribution in [2.24, 2.45) is 0 Å². The molecule has 5 nitrogen and oxygen atoms in total. The predicted molar refractivity (Wildman–Crippen MR) is 80.6 cm³/mol. The fraction of sp³-hybridized carbons (Fsp3) is 0.385. The zero-order valence-electron chi connectivity index (χ0n) is 11.0. The molecule has 20 heavy (non-hydrogen) atoms. The van der Waals surface area contributed by atoms with Gasteiger partial charge in [-0.25, -0.2) is 9.97 Å². The molecule has 1 N–H and O–H groups in total. The Kier molecular flexibility index (Phi) is 3.94. The van der Waals surface area contributed by atoms with Crippen molar-refractivity contribution in [3.8, 4) is 5.75 Å². The zero-order chi connectivity index (χ0) is 13.9. The molecular formula is C13H15BClN3O2. The predicted octanol–water partition coefficient (Wildman–Crippen LogP) is 1.91. The largest absolute Gasteiger partial charge is 0.538 e. The van der Waals surface area contributed by atoms with E-state index in [1.165, 1.54) is 19.3 Å². The van der Waals surface area contributed by atoms with Gasteiger partial charge in [0.05, 0.1) is 10.5 Å². The molecule has 0 spiro atoms. The first-order valence-electron chi connectivity index (χ1n) is 6.72. The van der Waals surface area contributed by atoms with Crippen LogP contribution in [0.15, 0.2) is 18.5 Å². The van der Waals surface area contributed by atoms with Crippen LogP contribution >= 0.6 is 11.6 Å². The van der Waals surface area contributed by atoms with Gasteiger partial charge in [0.2, 0.25) is 0 Å². The molecule has 3 rings (SSSR count). The van der Waals surface area contributed by atoms with Gasteiger partial charge in [-0.1, -0.05) is 11.6 Å². The van der Waals surface area contributed by atoms with Crippen LogP contribution in [-0.4, -0.2) is 35.8 Å². The molecule has 0 radical (unpaired) electrons. The molecular weight excluding hydrogens is 276 g/mol. The molecule has 2 aromatic rings. The van der Waals surface area contributed by atoms with E-state index in [1.54, 1.807) is 12.4 Å². The summed E-state index contributed by atoms with van der Waals surface area (Å²) in [6, 6.07) is 3.55. The van der Waals surface area contributed by atoms with E-state index in [9.17, 15) is 0 Å². The van der Waals surface area contributed by atoms with E-state index in [-0.39, 0.29) is 0 Å². The van der Waals surface area contributed by atoms with Crippen LogP contribution in [0, 0.1) is 0 Å². The van der Waals surface area contributed by atoms with Crippen LogP contribution in [0.1, 0.15) is 19.3 Å². The molecule has 1 saturated heterocycles. The molecule has 1 aliphatic rings. The Labute approximate surface area is 122 Å². The minimum Gasteiger partial charge on any atom is -0.538 e. The molecule has 1 aromatic heterocycles. The summed E-state index contributed by atoms with van der Waals surface area (Å²) in [7, 11) is -0.407. The summed E-state index contributed by atoms with van der Waals surface area (Å²) in [6.45, 7) is 2.03. The molecule has 1 aromatic carbocycles. The van der Waals surface area contributed by atoms with Gasteiger partial charge in [-0.15, -0.1) is 0 Å². The molecule has 0 aliphatic carbocycles. The third kappa shape index (κ3) is 2.53. The minimum atomic E-state index is -0.407. The fourth-order valence-corrected chi connectivity index (χ4v) is 2.80. The summed E-state index contributed by atoms with van der Waals surface area (Å²) >= 11 is 6.18. The number of piperidine rings is 1. The van der Waals surface area contributed by atoms with E-state index in [0.717, 1.165) is 29.8 Å². The van der Waals surface area contributed by atoms with E-state index >= 15 is 0 Å². The van der Waals surface area contributed by atoms with E-state index in [1.807, 2.05) is 6.07 Å². The Balaban J connectivity index is 2.06. The van der Waals surface area contributed by atoms with Crippen molar-refractivity contribution < 1.29 is 9.68 Å². The number of rotatable bonds is 3. The van der Waals surface area contributed by atoms with Crippen molar-refractivity contribution in [3.63, 3.8) is 0 Å². The first-order valence-corrected chi connectivity index (χ1v) is 7.10. The molecule has 0 amide bonds. The highest BCUT2D eigenvalue weighted by molar-refractivity contribution is 6.33. The Hall–Kier alpha value is -1.53. The average molecular weight is 292 g/mol. The number of benzene rings is 1. The molecule has 104 valence electrons. The number of halogens is 1. The lowest BCUT2D eigenvalue weighted by Crippen LogP contribution is -2.30. The summed E-state index contributed by atoms with van der Waals surface area (Å²) in [4.78, 5) is 11.0. The van der Waals surface area contributed by atoms with Gasteiger partial charge in [0.1, 0.15) is 17.9 Å². The Morgan fingerprint density at radius 2 is 2.00 bits per heavy atom. The number of anilines is 1. The van der Waals surface area contributed by atoms with Gasteiger partial charge in [0.25, 0.3) is 0 Å². The van der Waals surface area contributed by atoms with Crippen LogP contribution in [0.3, 0.4) is 0 Å². The maximum atomic E-state index is 8.85. The van der Waals surface area contributed by atoms with Gasteiger partial charge in [0.15, 0.2) is 0 Å². The van der Waals surface area contributed by atoms with Crippen molar-refractivity contribution in [1.82, 2.24) is 9.97 Å². The van der Waals surface area contributed by atoms with E-state index in [4.69, 9.17) is 21.3 Å². The smallest absolute Gasteiger partial charge is 0.504 e. The van der Waals surface area contributed by atoms with E-state index < -0.39 is 7.69 Å². The monoisotopic (exact) mass is 291 g/mol. The second-order valence-electron chi connectivity index (χ2n) is 4.82. The van der Waals surface area contributed by atoms with Gasteiger partial charge < -0.3 is 14.6 Å². The normalized spacial score (nSPS) is 15.4. The standard InChI is InChI=1S/C13H15BClN3O2/c15-10-6-9-11(7-12(10)20-14-19)16-8-17-13(9)18-4-2-1-3-5-18/h6-8,14,19H,1-5H2. The molecule has 1 fully saturated rings. The van der Waals surface area contributed by atoms with Gasteiger partial charge in [-0.3, -0.25) is 0 Å². The molecule has 7 heteroatoms. The summed E-state index contributed by atoms with van der Waals surface area (Å²) in [6.07, 6.45) is 5.20. The second-order valence-corrected chi connectivity index (χ2v) is 5.23. The van der Waals surface area contributed by atoms with Gasteiger partial charge in [-0.05, 0) is 25.3 Å². The first-order chi connectivity index (χ1) is 9.79. The van der Waals surface area contributed by atoms with Crippen LogP contribution < -0.4 is 9.55 Å². The molecule has 0 saturated carbocycles. The topological polar surface area (TPSA) is 58.5 Å². The second kappa shape index (κ2) is 5.85. The zero-order valence-corrected chi connectivity index (χ0v) is 11.8. The lowest BCUT2D eigenvalue weighted by atomic mass is 10.1. The first kappa shape index (κ1) is 13.5. The van der Waals surface area contributed by atoms with Crippen molar-refractivity contribution in [1.29, 1.82) is 0 Å². The number of hydrogen-bond acceptors (Lipinski definition) is 5. The maximum absolute atomic E-state index is 8.85. The average Bonchev–Trinajstić information content (AvgIpc) is 2.49. The van der Waals surface area contributed by atoms with Gasteiger partial charge in [-0.2, -0.15) is 0 Å². The Morgan fingerprint density at radius 3 is 2.75 bits per heavy atom. The Bertz CT molecular complexity index is 620. The van der Waals surface area contributed by atoms with Crippen molar-refractivity contribution in [2.45, 2.75) is 19.3 Å². The van der Waals surface area contributed by atoms with Crippen molar-refractivity contribution in [3.05, 3.63) is 23.5 Å². The Morgan fingerprint density at radius 1 is 1.20 bits per heavy atom. The maximum Gasteiger partial charge on any atom is 0.504 e. The third-order valence-electron chi connectivity index (χ3n) is 3.54. The molecule has 0 unspecified atom stereocenters. The van der Waals surface area contributed by atoms with Crippen LogP contribution in [0.25, 0.3) is 10.9 Å². The van der Waals surface area contributed by atoms with Gasteiger partial charge >= 0.3 is 7.69 Å². The van der Waals surface area contributed by atoms with Crippen LogP contribution in [0.4, 0.5) is 5.82 Å². The quantitative estimate of drug-likeness (QED) is 0.876. The lowest BCUT2D eigenvalue weighted by molar-refractivity contribution is 0.454. The highest BCUT2D eigenvalue weighted by atomic mass is 35.5. The van der Waals surface area contributed by atoms with Crippen LogP contribution in [0.5, 0.6) is 5.75 Å². The summed E-state index contributed by atoms with van der Waals surface area (Å²) in [5.74, 6) is 1.36. The molecule has 1 aliphatic heterocycles. The summed E-state index contributed by atoms with van der Waals surface area (Å²) < 4.78 is 5.08. The minimum absolute atomic E-state index is 0.407. The van der Waals surface area contributed by atoms with Crippen molar-refractivity contribution in [2.75, 3.05) is 18.0 Å². The van der Waals surface area contributed by atoms with E-state index in [0.29, 0.717) is 10.8 Å². The molecule has 2 heterocycles. The lowest BCUT2D eigenvalue weighted by Gasteiger charge is -2.28. The summed E-state index contributed by atoms with van der Waals surface area (Å²) in [5.41, 5.74) is 0.772. The number of nitrogens with zero attached hydrogens (tertiary/aromatic N) is 3. The number of fused-ring (bicyclic) bond motifs is 1. The number of hydrogen-bond donors (Lipinski definition) is 1. The van der Waals surface area contributed by atoms with Gasteiger partial charge in [0, 0.05) is 24.5 Å². The summed E-state index contributed by atoms with van der Waals surface area (Å²) in [5, 5.41) is 10.2. The number of aromatic nitrogens is 2. The SMILES string of the molecule is OBOc1cc2ncnc(N3CCCCC3)c2cc1Cl. The highest BCUT2D eigenvalue weighted by Crippen LogP contribution is 2.33. The van der Waals surface area contributed by atoms with Crippen molar-refractivity contribution >= 4 is 36.0 Å². The third-order valence-corrected chi connectivity index (χ3v) is 3.84. The van der Waals surface area contributed by atoms with E-state index in [2.05, 4.69) is 14.9 Å². The molecule has 0 atom stereocenters.